The lowest BCUT2D eigenvalue weighted by Crippen LogP contribution is -2.55. The van der Waals surface area contributed by atoms with Crippen LogP contribution >= 0.6 is 24.2 Å². The summed E-state index contributed by atoms with van der Waals surface area (Å²) in [5.74, 6) is 0.877. The van der Waals surface area contributed by atoms with Gasteiger partial charge in [0.15, 0.2) is 0 Å². The highest BCUT2D eigenvalue weighted by Crippen LogP contribution is 2.28. The standard InChI is InChI=1S/C17H22FN3O2S.ClH/c1-2-16(22)21-11-24-10-15(21)17(23)20-7-6-19-9-14(20)12-4-3-5-13(18)8-12;/h3-5,8,14-15,19H,2,6-7,9-11H2,1H3;1H. The molecule has 2 saturated heterocycles. The van der Waals surface area contributed by atoms with E-state index in [4.69, 9.17) is 0 Å². The van der Waals surface area contributed by atoms with Crippen molar-refractivity contribution in [1.29, 1.82) is 0 Å². The lowest BCUT2D eigenvalue weighted by Gasteiger charge is -2.39. The molecule has 2 unspecified atom stereocenters. The van der Waals surface area contributed by atoms with E-state index in [0.29, 0.717) is 37.7 Å². The molecule has 0 aromatic heterocycles. The molecule has 3 rings (SSSR count). The van der Waals surface area contributed by atoms with Gasteiger partial charge in [0.2, 0.25) is 11.8 Å². The SMILES string of the molecule is CCC(=O)N1CSCC1C(=O)N1CCNCC1c1cccc(F)c1.Cl. The number of hydrogen-bond acceptors (Lipinski definition) is 4. The number of piperazine rings is 1. The number of carbonyl (C=O) groups excluding carboxylic acids is 2. The van der Waals surface area contributed by atoms with Crippen molar-refractivity contribution in [3.05, 3.63) is 35.6 Å². The van der Waals surface area contributed by atoms with E-state index in [1.807, 2.05) is 13.0 Å². The lowest BCUT2D eigenvalue weighted by atomic mass is 10.0. The summed E-state index contributed by atoms with van der Waals surface area (Å²) in [6, 6.07) is 5.79. The van der Waals surface area contributed by atoms with Crippen LogP contribution in [0.2, 0.25) is 0 Å². The average molecular weight is 388 g/mol. The van der Waals surface area contributed by atoms with Gasteiger partial charge >= 0.3 is 0 Å². The minimum Gasteiger partial charge on any atom is -0.331 e. The third-order valence-electron chi connectivity index (χ3n) is 4.55. The largest absolute Gasteiger partial charge is 0.331 e. The van der Waals surface area contributed by atoms with Gasteiger partial charge in [0.1, 0.15) is 11.9 Å². The van der Waals surface area contributed by atoms with Crippen LogP contribution in [0.25, 0.3) is 0 Å². The smallest absolute Gasteiger partial charge is 0.246 e. The topological polar surface area (TPSA) is 52.7 Å². The van der Waals surface area contributed by atoms with Crippen LogP contribution in [-0.4, -0.2) is 58.9 Å². The summed E-state index contributed by atoms with van der Waals surface area (Å²) < 4.78 is 13.6. The van der Waals surface area contributed by atoms with Crippen molar-refractivity contribution in [3.63, 3.8) is 0 Å². The Morgan fingerprint density at radius 2 is 2.16 bits per heavy atom. The van der Waals surface area contributed by atoms with E-state index < -0.39 is 6.04 Å². The molecule has 2 atom stereocenters. The molecule has 0 saturated carbocycles. The van der Waals surface area contributed by atoms with Crippen molar-refractivity contribution in [1.82, 2.24) is 15.1 Å². The maximum Gasteiger partial charge on any atom is 0.246 e. The Morgan fingerprint density at radius 3 is 2.88 bits per heavy atom. The van der Waals surface area contributed by atoms with Crippen LogP contribution in [0.4, 0.5) is 4.39 Å². The molecule has 0 aliphatic carbocycles. The Balaban J connectivity index is 0.00000225. The fourth-order valence-corrected chi connectivity index (χ4v) is 4.44. The Hall–Kier alpha value is -1.31. The third-order valence-corrected chi connectivity index (χ3v) is 5.56. The van der Waals surface area contributed by atoms with Gasteiger partial charge in [-0.05, 0) is 17.7 Å². The number of thioether (sulfide) groups is 1. The van der Waals surface area contributed by atoms with Gasteiger partial charge in [0, 0.05) is 31.8 Å². The molecule has 0 bridgehead atoms. The Labute approximate surface area is 157 Å². The molecule has 1 N–H and O–H groups in total. The zero-order valence-electron chi connectivity index (χ0n) is 14.1. The number of carbonyl (C=O) groups is 2. The Bertz CT molecular complexity index is 634. The summed E-state index contributed by atoms with van der Waals surface area (Å²) in [6.07, 6.45) is 0.402. The molecule has 2 heterocycles. The summed E-state index contributed by atoms with van der Waals surface area (Å²) in [4.78, 5) is 28.7. The second-order valence-corrected chi connectivity index (χ2v) is 7.04. The molecule has 0 radical (unpaired) electrons. The first kappa shape index (κ1) is 20.0. The maximum atomic E-state index is 13.6. The highest BCUT2D eigenvalue weighted by atomic mass is 35.5. The van der Waals surface area contributed by atoms with Crippen LogP contribution in [0.3, 0.4) is 0 Å². The summed E-state index contributed by atoms with van der Waals surface area (Å²) in [7, 11) is 0. The highest BCUT2D eigenvalue weighted by molar-refractivity contribution is 7.99. The second-order valence-electron chi connectivity index (χ2n) is 6.04. The molecule has 2 fully saturated rings. The zero-order chi connectivity index (χ0) is 17.1. The van der Waals surface area contributed by atoms with E-state index >= 15 is 0 Å². The summed E-state index contributed by atoms with van der Waals surface area (Å²) in [5.41, 5.74) is 0.787. The average Bonchev–Trinajstić information content (AvgIpc) is 3.10. The maximum absolute atomic E-state index is 13.6. The van der Waals surface area contributed by atoms with Crippen LogP contribution in [-0.2, 0) is 9.59 Å². The summed E-state index contributed by atoms with van der Waals surface area (Å²) in [6.45, 7) is 3.68. The fraction of sp³-hybridized carbons (Fsp3) is 0.529. The van der Waals surface area contributed by atoms with E-state index in [9.17, 15) is 14.0 Å². The van der Waals surface area contributed by atoms with Gasteiger partial charge in [-0.2, -0.15) is 0 Å². The number of halogens is 2. The van der Waals surface area contributed by atoms with E-state index in [1.165, 1.54) is 12.1 Å². The van der Waals surface area contributed by atoms with E-state index in [-0.39, 0.29) is 36.1 Å². The molecule has 8 heteroatoms. The highest BCUT2D eigenvalue weighted by Gasteiger charge is 2.39. The predicted molar refractivity (Wildman–Crippen MR) is 99.2 cm³/mol. The summed E-state index contributed by atoms with van der Waals surface area (Å²) >= 11 is 1.61. The van der Waals surface area contributed by atoms with E-state index in [0.717, 1.165) is 5.56 Å². The lowest BCUT2D eigenvalue weighted by molar-refractivity contribution is -0.145. The number of amides is 2. The molecule has 25 heavy (non-hydrogen) atoms. The van der Waals surface area contributed by atoms with Gasteiger partial charge in [-0.25, -0.2) is 4.39 Å². The van der Waals surface area contributed by atoms with Crippen molar-refractivity contribution in [2.45, 2.75) is 25.4 Å². The monoisotopic (exact) mass is 387 g/mol. The van der Waals surface area contributed by atoms with Crippen LogP contribution in [0.1, 0.15) is 24.9 Å². The van der Waals surface area contributed by atoms with Gasteiger partial charge in [-0.15, -0.1) is 24.2 Å². The molecule has 138 valence electrons. The normalized spacial score (nSPS) is 23.3. The van der Waals surface area contributed by atoms with Crippen LogP contribution in [0, 0.1) is 5.82 Å². The number of rotatable bonds is 3. The zero-order valence-corrected chi connectivity index (χ0v) is 15.7. The fourth-order valence-electron chi connectivity index (χ4n) is 3.27. The van der Waals surface area contributed by atoms with Crippen molar-refractivity contribution < 1.29 is 14.0 Å². The Morgan fingerprint density at radius 1 is 1.36 bits per heavy atom. The first-order valence-corrected chi connectivity index (χ1v) is 9.41. The molecular formula is C17H23ClFN3O2S. The molecule has 2 aliphatic heterocycles. The van der Waals surface area contributed by atoms with Gasteiger partial charge in [-0.1, -0.05) is 19.1 Å². The van der Waals surface area contributed by atoms with E-state index in [2.05, 4.69) is 5.32 Å². The third kappa shape index (κ3) is 4.27. The number of nitrogens with zero attached hydrogens (tertiary/aromatic N) is 2. The van der Waals surface area contributed by atoms with Crippen molar-refractivity contribution in [2.24, 2.45) is 0 Å². The first-order valence-electron chi connectivity index (χ1n) is 8.25. The molecule has 0 spiro atoms. The minimum absolute atomic E-state index is 0. The number of hydrogen-bond donors (Lipinski definition) is 1. The van der Waals surface area contributed by atoms with E-state index in [1.54, 1.807) is 27.6 Å². The number of nitrogens with one attached hydrogen (secondary N) is 1. The van der Waals surface area contributed by atoms with Crippen molar-refractivity contribution in [2.75, 3.05) is 31.3 Å². The van der Waals surface area contributed by atoms with Crippen molar-refractivity contribution in [3.8, 4) is 0 Å². The van der Waals surface area contributed by atoms with Crippen molar-refractivity contribution >= 4 is 36.0 Å². The first-order chi connectivity index (χ1) is 11.6. The molecule has 2 aliphatic rings. The summed E-state index contributed by atoms with van der Waals surface area (Å²) in [5, 5.41) is 3.27. The molecule has 2 amide bonds. The molecular weight excluding hydrogens is 365 g/mol. The van der Waals surface area contributed by atoms with Crippen LogP contribution in [0.5, 0.6) is 0 Å². The molecule has 1 aromatic rings. The van der Waals surface area contributed by atoms with Gasteiger partial charge in [-0.3, -0.25) is 9.59 Å². The molecule has 5 nitrogen and oxygen atoms in total. The van der Waals surface area contributed by atoms with Gasteiger partial charge in [0.25, 0.3) is 0 Å². The van der Waals surface area contributed by atoms with Crippen LogP contribution < -0.4 is 5.32 Å². The number of benzene rings is 1. The quantitative estimate of drug-likeness (QED) is 0.862. The van der Waals surface area contributed by atoms with Gasteiger partial charge < -0.3 is 15.1 Å². The minimum atomic E-state index is -0.406. The van der Waals surface area contributed by atoms with Gasteiger partial charge in [0.05, 0.1) is 11.9 Å². The van der Waals surface area contributed by atoms with Crippen LogP contribution in [0.15, 0.2) is 24.3 Å². The second kappa shape index (κ2) is 8.87. The predicted octanol–water partition coefficient (Wildman–Crippen LogP) is 2.03. The Kier molecular flexibility index (Phi) is 7.10. The molecule has 1 aromatic carbocycles.